The van der Waals surface area contributed by atoms with E-state index >= 15 is 0 Å². The van der Waals surface area contributed by atoms with E-state index in [2.05, 4.69) is 18.8 Å². The molecule has 2 aliphatic rings. The van der Waals surface area contributed by atoms with Gasteiger partial charge in [0.25, 0.3) is 5.91 Å². The van der Waals surface area contributed by atoms with Crippen LogP contribution in [-0.4, -0.2) is 42.1 Å². The maximum absolute atomic E-state index is 12.6. The summed E-state index contributed by atoms with van der Waals surface area (Å²) < 4.78 is 5.36. The van der Waals surface area contributed by atoms with E-state index in [1.807, 2.05) is 6.92 Å². The molecular formula is C15H27N3O2. The highest BCUT2D eigenvalue weighted by atomic mass is 16.5. The first-order valence-corrected chi connectivity index (χ1v) is 7.67. The Morgan fingerprint density at radius 2 is 2.10 bits per heavy atom. The van der Waals surface area contributed by atoms with Crippen LogP contribution in [0, 0.1) is 11.8 Å². The lowest BCUT2D eigenvalue weighted by Gasteiger charge is -2.26. The normalized spacial score (nSPS) is 28.3. The summed E-state index contributed by atoms with van der Waals surface area (Å²) in [4.78, 5) is 18.7. The van der Waals surface area contributed by atoms with Crippen molar-refractivity contribution < 1.29 is 9.53 Å². The highest BCUT2D eigenvalue weighted by Gasteiger charge is 2.43. The second kappa shape index (κ2) is 6.12. The molecule has 0 radical (unpaired) electrons. The van der Waals surface area contributed by atoms with Crippen LogP contribution < -0.4 is 5.73 Å². The molecule has 2 aliphatic heterocycles. The molecule has 1 amide bonds. The molecule has 0 aromatic heterocycles. The molecule has 2 N–H and O–H groups in total. The summed E-state index contributed by atoms with van der Waals surface area (Å²) in [6.07, 6.45) is 3.91. The third kappa shape index (κ3) is 3.32. The molecule has 114 valence electrons. The standard InChI is InChI=1S/C15H27N3O2/c1-11(2)10-15(3)13(19)18(14(16)17-15)7-4-12-5-8-20-9-6-12/h11-12H,4-10H2,1-3H3,(H2,16,17). The maximum Gasteiger partial charge on any atom is 0.257 e. The average molecular weight is 281 g/mol. The third-order valence-electron chi connectivity index (χ3n) is 4.25. The molecule has 2 rings (SSSR count). The summed E-state index contributed by atoms with van der Waals surface area (Å²) in [7, 11) is 0. The number of ether oxygens (including phenoxy) is 1. The van der Waals surface area contributed by atoms with Crippen LogP contribution in [0.15, 0.2) is 4.99 Å². The Kier molecular flexibility index (Phi) is 4.68. The van der Waals surface area contributed by atoms with E-state index in [-0.39, 0.29) is 5.91 Å². The lowest BCUT2D eigenvalue weighted by molar-refractivity contribution is -0.131. The zero-order chi connectivity index (χ0) is 14.8. The smallest absolute Gasteiger partial charge is 0.257 e. The van der Waals surface area contributed by atoms with E-state index in [1.54, 1.807) is 4.90 Å². The van der Waals surface area contributed by atoms with Crippen molar-refractivity contribution in [3.05, 3.63) is 0 Å². The molecule has 0 bridgehead atoms. The molecule has 1 unspecified atom stereocenters. The van der Waals surface area contributed by atoms with Gasteiger partial charge in [0.05, 0.1) is 0 Å². The van der Waals surface area contributed by atoms with E-state index in [1.165, 1.54) is 0 Å². The van der Waals surface area contributed by atoms with Crippen molar-refractivity contribution in [1.82, 2.24) is 4.90 Å². The van der Waals surface area contributed by atoms with Crippen LogP contribution in [0.2, 0.25) is 0 Å². The van der Waals surface area contributed by atoms with Crippen molar-refractivity contribution in [3.63, 3.8) is 0 Å². The third-order valence-corrected chi connectivity index (χ3v) is 4.25. The lowest BCUT2D eigenvalue weighted by atomic mass is 9.90. The van der Waals surface area contributed by atoms with Gasteiger partial charge in [-0.1, -0.05) is 13.8 Å². The van der Waals surface area contributed by atoms with Crippen LogP contribution in [0.5, 0.6) is 0 Å². The van der Waals surface area contributed by atoms with E-state index in [0.717, 1.165) is 38.9 Å². The minimum Gasteiger partial charge on any atom is -0.381 e. The Balaban J connectivity index is 1.92. The van der Waals surface area contributed by atoms with Gasteiger partial charge in [-0.25, -0.2) is 4.99 Å². The number of nitrogens with two attached hydrogens (primary N) is 1. The summed E-state index contributed by atoms with van der Waals surface area (Å²) in [5, 5.41) is 0. The molecule has 2 heterocycles. The molecule has 5 nitrogen and oxygen atoms in total. The van der Waals surface area contributed by atoms with Gasteiger partial charge >= 0.3 is 0 Å². The predicted octanol–water partition coefficient (Wildman–Crippen LogP) is 1.76. The molecule has 0 spiro atoms. The van der Waals surface area contributed by atoms with Crippen LogP contribution in [0.25, 0.3) is 0 Å². The number of aliphatic imine (C=N–C) groups is 1. The fraction of sp³-hybridized carbons (Fsp3) is 0.867. The van der Waals surface area contributed by atoms with Gasteiger partial charge in [0.15, 0.2) is 5.96 Å². The zero-order valence-corrected chi connectivity index (χ0v) is 12.9. The first-order chi connectivity index (χ1) is 9.42. The van der Waals surface area contributed by atoms with Crippen LogP contribution in [0.1, 0.15) is 46.5 Å². The SMILES string of the molecule is CC(C)CC1(C)N=C(N)N(CCC2CCOCC2)C1=O. The van der Waals surface area contributed by atoms with E-state index < -0.39 is 5.54 Å². The van der Waals surface area contributed by atoms with Crippen molar-refractivity contribution in [2.45, 2.75) is 52.0 Å². The summed E-state index contributed by atoms with van der Waals surface area (Å²) in [6, 6.07) is 0. The Morgan fingerprint density at radius 1 is 1.45 bits per heavy atom. The molecule has 1 saturated heterocycles. The highest BCUT2D eigenvalue weighted by Crippen LogP contribution is 2.29. The first-order valence-electron chi connectivity index (χ1n) is 7.67. The van der Waals surface area contributed by atoms with Crippen LogP contribution in [0.3, 0.4) is 0 Å². The minimum absolute atomic E-state index is 0.0655. The van der Waals surface area contributed by atoms with Gasteiger partial charge in [0.1, 0.15) is 5.54 Å². The van der Waals surface area contributed by atoms with Crippen LogP contribution >= 0.6 is 0 Å². The molecular weight excluding hydrogens is 254 g/mol. The summed E-state index contributed by atoms with van der Waals surface area (Å²) >= 11 is 0. The van der Waals surface area contributed by atoms with Crippen molar-refractivity contribution in [1.29, 1.82) is 0 Å². The minimum atomic E-state index is -0.659. The second-order valence-electron chi connectivity index (χ2n) is 6.64. The summed E-state index contributed by atoms with van der Waals surface area (Å²) in [5.74, 6) is 1.53. The van der Waals surface area contributed by atoms with Gasteiger partial charge in [-0.2, -0.15) is 0 Å². The van der Waals surface area contributed by atoms with E-state index in [4.69, 9.17) is 10.5 Å². The number of amides is 1. The number of hydrogen-bond donors (Lipinski definition) is 1. The number of nitrogens with zero attached hydrogens (tertiary/aromatic N) is 2. The molecule has 0 aromatic carbocycles. The average Bonchev–Trinajstić information content (AvgIpc) is 2.58. The molecule has 1 fully saturated rings. The Hall–Kier alpha value is -1.10. The molecule has 0 aromatic rings. The number of carbonyl (C=O) groups is 1. The van der Waals surface area contributed by atoms with Gasteiger partial charge in [0, 0.05) is 19.8 Å². The Morgan fingerprint density at radius 3 is 2.70 bits per heavy atom. The van der Waals surface area contributed by atoms with E-state index in [0.29, 0.717) is 24.3 Å². The Labute approximate surface area is 121 Å². The fourth-order valence-electron chi connectivity index (χ4n) is 3.25. The van der Waals surface area contributed by atoms with Crippen molar-refractivity contribution in [3.8, 4) is 0 Å². The maximum atomic E-state index is 12.6. The highest BCUT2D eigenvalue weighted by molar-refractivity contribution is 6.06. The summed E-state index contributed by atoms with van der Waals surface area (Å²) in [6.45, 7) is 8.48. The number of rotatable bonds is 5. The van der Waals surface area contributed by atoms with Gasteiger partial charge in [0.2, 0.25) is 0 Å². The summed E-state index contributed by atoms with van der Waals surface area (Å²) in [5.41, 5.74) is 5.31. The predicted molar refractivity (Wildman–Crippen MR) is 79.4 cm³/mol. The fourth-order valence-corrected chi connectivity index (χ4v) is 3.25. The topological polar surface area (TPSA) is 67.9 Å². The molecule has 1 atom stereocenters. The van der Waals surface area contributed by atoms with Gasteiger partial charge in [-0.3, -0.25) is 9.69 Å². The van der Waals surface area contributed by atoms with Gasteiger partial charge in [-0.05, 0) is 44.4 Å². The first kappa shape index (κ1) is 15.3. The molecule has 5 heteroatoms. The molecule has 0 saturated carbocycles. The van der Waals surface area contributed by atoms with Crippen molar-refractivity contribution in [2.24, 2.45) is 22.6 Å². The molecule has 0 aliphatic carbocycles. The zero-order valence-electron chi connectivity index (χ0n) is 12.9. The van der Waals surface area contributed by atoms with Gasteiger partial charge in [-0.15, -0.1) is 0 Å². The molecule has 20 heavy (non-hydrogen) atoms. The monoisotopic (exact) mass is 281 g/mol. The number of carbonyl (C=O) groups excluding carboxylic acids is 1. The van der Waals surface area contributed by atoms with Crippen molar-refractivity contribution in [2.75, 3.05) is 19.8 Å². The number of hydrogen-bond acceptors (Lipinski definition) is 4. The van der Waals surface area contributed by atoms with Crippen LogP contribution in [0.4, 0.5) is 0 Å². The quantitative estimate of drug-likeness (QED) is 0.835. The van der Waals surface area contributed by atoms with Crippen LogP contribution in [-0.2, 0) is 9.53 Å². The lowest BCUT2D eigenvalue weighted by Crippen LogP contribution is -2.44. The van der Waals surface area contributed by atoms with Crippen molar-refractivity contribution >= 4 is 11.9 Å². The Bertz CT molecular complexity index is 389. The number of guanidine groups is 1. The largest absolute Gasteiger partial charge is 0.381 e. The van der Waals surface area contributed by atoms with Gasteiger partial charge < -0.3 is 10.5 Å². The second-order valence-corrected chi connectivity index (χ2v) is 6.64. The van der Waals surface area contributed by atoms with E-state index in [9.17, 15) is 4.79 Å².